The lowest BCUT2D eigenvalue weighted by Crippen LogP contribution is -2.16. The highest BCUT2D eigenvalue weighted by Gasteiger charge is 2.16. The molecule has 0 amide bonds. The van der Waals surface area contributed by atoms with Crippen LogP contribution in [0.4, 0.5) is 10.8 Å². The van der Waals surface area contributed by atoms with Crippen LogP contribution in [-0.4, -0.2) is 34.9 Å². The molecule has 0 spiro atoms. The van der Waals surface area contributed by atoms with Gasteiger partial charge in [0, 0.05) is 11.3 Å². The predicted octanol–water partition coefficient (Wildman–Crippen LogP) is 4.34. The van der Waals surface area contributed by atoms with Gasteiger partial charge in [-0.25, -0.2) is 0 Å². The van der Waals surface area contributed by atoms with E-state index in [-0.39, 0.29) is 5.78 Å². The first-order chi connectivity index (χ1) is 13.2. The summed E-state index contributed by atoms with van der Waals surface area (Å²) >= 11 is 2.80. The third-order valence-electron chi connectivity index (χ3n) is 3.90. The van der Waals surface area contributed by atoms with Crippen LogP contribution < -0.4 is 14.8 Å². The van der Waals surface area contributed by atoms with Gasteiger partial charge in [0.2, 0.25) is 5.13 Å². The molecule has 0 saturated carbocycles. The number of rotatable bonds is 6. The number of hydrogen-bond donors (Lipinski definition) is 1. The van der Waals surface area contributed by atoms with Gasteiger partial charge in [0.15, 0.2) is 21.6 Å². The van der Waals surface area contributed by atoms with Crippen molar-refractivity contribution in [2.45, 2.75) is 11.3 Å². The number of hydrogen-bond acceptors (Lipinski definition) is 8. The molecule has 2 aromatic carbocycles. The molecule has 4 rings (SSSR count). The number of benzene rings is 2. The van der Waals surface area contributed by atoms with Crippen LogP contribution in [0.5, 0.6) is 11.5 Å². The molecule has 0 radical (unpaired) electrons. The number of Topliss-reactive ketones (excluding diaryl/α,β-unsaturated/α-hetero) is 1. The van der Waals surface area contributed by atoms with Crippen LogP contribution in [0.1, 0.15) is 15.9 Å². The fourth-order valence-corrected chi connectivity index (χ4v) is 4.17. The van der Waals surface area contributed by atoms with Gasteiger partial charge in [-0.1, -0.05) is 40.8 Å². The summed E-state index contributed by atoms with van der Waals surface area (Å²) in [6.07, 6.45) is 0. The minimum atomic E-state index is 0.0141. The zero-order valence-electron chi connectivity index (χ0n) is 14.6. The van der Waals surface area contributed by atoms with Crippen LogP contribution in [-0.2, 0) is 0 Å². The Labute approximate surface area is 164 Å². The van der Waals surface area contributed by atoms with Crippen molar-refractivity contribution >= 4 is 39.7 Å². The summed E-state index contributed by atoms with van der Waals surface area (Å²) in [5.74, 6) is 1.61. The topological polar surface area (TPSA) is 73.3 Å². The number of aryl methyl sites for hydroxylation is 1. The Kier molecular flexibility index (Phi) is 5.26. The summed E-state index contributed by atoms with van der Waals surface area (Å²) in [5.41, 5.74) is 2.77. The van der Waals surface area contributed by atoms with E-state index in [9.17, 15) is 4.79 Å². The number of nitrogens with one attached hydrogen (secondary N) is 1. The van der Waals surface area contributed by atoms with Crippen molar-refractivity contribution in [1.82, 2.24) is 10.2 Å². The standard InChI is InChI=1S/C19H17N3O3S2/c1-12-2-5-14(6-3-12)20-18-21-22-19(27-18)26-11-15(23)13-4-7-16-17(10-13)25-9-8-24-16/h2-7,10H,8-9,11H2,1H3,(H,20,21). The van der Waals surface area contributed by atoms with Crippen molar-refractivity contribution in [3.8, 4) is 11.5 Å². The number of anilines is 2. The lowest BCUT2D eigenvalue weighted by molar-refractivity contribution is 0.102. The third kappa shape index (κ3) is 4.40. The van der Waals surface area contributed by atoms with Crippen molar-refractivity contribution in [2.75, 3.05) is 24.3 Å². The second-order valence-corrected chi connectivity index (χ2v) is 8.13. The molecule has 0 unspecified atom stereocenters. The molecule has 0 fully saturated rings. The predicted molar refractivity (Wildman–Crippen MR) is 107 cm³/mol. The van der Waals surface area contributed by atoms with Crippen LogP contribution >= 0.6 is 23.1 Å². The maximum Gasteiger partial charge on any atom is 0.210 e. The molecule has 138 valence electrons. The Morgan fingerprint density at radius 1 is 1.11 bits per heavy atom. The lowest BCUT2D eigenvalue weighted by Gasteiger charge is -2.18. The third-order valence-corrected chi connectivity index (χ3v) is 5.87. The Bertz CT molecular complexity index is 957. The molecule has 1 aromatic heterocycles. The first-order valence-corrected chi connectivity index (χ1v) is 10.2. The van der Waals surface area contributed by atoms with Crippen molar-refractivity contribution in [1.29, 1.82) is 0 Å². The van der Waals surface area contributed by atoms with Crippen molar-refractivity contribution in [3.63, 3.8) is 0 Å². The van der Waals surface area contributed by atoms with Gasteiger partial charge in [0.25, 0.3) is 0 Å². The van der Waals surface area contributed by atoms with E-state index in [2.05, 4.69) is 15.5 Å². The monoisotopic (exact) mass is 399 g/mol. The highest BCUT2D eigenvalue weighted by molar-refractivity contribution is 8.01. The normalized spacial score (nSPS) is 12.6. The molecule has 1 aliphatic heterocycles. The summed E-state index contributed by atoms with van der Waals surface area (Å²) < 4.78 is 11.8. The molecule has 1 aliphatic rings. The van der Waals surface area contributed by atoms with Crippen molar-refractivity contribution in [2.24, 2.45) is 0 Å². The number of carbonyl (C=O) groups excluding carboxylic acids is 1. The molecule has 2 heterocycles. The second-order valence-electron chi connectivity index (χ2n) is 5.93. The van der Waals surface area contributed by atoms with E-state index in [0.717, 1.165) is 10.0 Å². The van der Waals surface area contributed by atoms with E-state index in [1.54, 1.807) is 18.2 Å². The van der Waals surface area contributed by atoms with Crippen LogP contribution in [0.25, 0.3) is 0 Å². The molecule has 0 saturated heterocycles. The zero-order valence-corrected chi connectivity index (χ0v) is 16.2. The Morgan fingerprint density at radius 2 is 1.89 bits per heavy atom. The molecule has 0 atom stereocenters. The average Bonchev–Trinajstić information content (AvgIpc) is 3.15. The lowest BCUT2D eigenvalue weighted by atomic mass is 10.1. The highest BCUT2D eigenvalue weighted by Crippen LogP contribution is 2.32. The molecule has 6 nitrogen and oxygen atoms in total. The molecule has 0 aliphatic carbocycles. The van der Waals surface area contributed by atoms with Gasteiger partial charge in [0.1, 0.15) is 13.2 Å². The fraction of sp³-hybridized carbons (Fsp3) is 0.211. The smallest absolute Gasteiger partial charge is 0.210 e. The number of ether oxygens (including phenoxy) is 2. The average molecular weight is 399 g/mol. The quantitative estimate of drug-likeness (QED) is 0.488. The van der Waals surface area contributed by atoms with E-state index >= 15 is 0 Å². The van der Waals surface area contributed by atoms with E-state index in [1.807, 2.05) is 31.2 Å². The summed E-state index contributed by atoms with van der Waals surface area (Å²) in [4.78, 5) is 12.5. The van der Waals surface area contributed by atoms with Crippen molar-refractivity contribution < 1.29 is 14.3 Å². The molecule has 27 heavy (non-hydrogen) atoms. The van der Waals surface area contributed by atoms with E-state index in [0.29, 0.717) is 41.2 Å². The van der Waals surface area contributed by atoms with Gasteiger partial charge in [-0.2, -0.15) is 0 Å². The van der Waals surface area contributed by atoms with Gasteiger partial charge in [-0.05, 0) is 37.3 Å². The Hall–Kier alpha value is -2.58. The molecule has 1 N–H and O–H groups in total. The molecule has 3 aromatic rings. The van der Waals surface area contributed by atoms with Crippen LogP contribution in [0.15, 0.2) is 46.8 Å². The summed E-state index contributed by atoms with van der Waals surface area (Å²) in [6, 6.07) is 13.3. The molecular formula is C19H17N3O3S2. The fourth-order valence-electron chi connectivity index (χ4n) is 2.51. The number of nitrogens with zero attached hydrogens (tertiary/aromatic N) is 2. The van der Waals surface area contributed by atoms with Gasteiger partial charge in [0.05, 0.1) is 5.75 Å². The number of thioether (sulfide) groups is 1. The summed E-state index contributed by atoms with van der Waals surface area (Å²) in [7, 11) is 0. The van der Waals surface area contributed by atoms with Gasteiger partial charge < -0.3 is 14.8 Å². The molecule has 0 bridgehead atoms. The Balaban J connectivity index is 1.35. The Morgan fingerprint density at radius 3 is 2.70 bits per heavy atom. The van der Waals surface area contributed by atoms with Crippen LogP contribution in [0.3, 0.4) is 0 Å². The van der Waals surface area contributed by atoms with Gasteiger partial charge in [-0.3, -0.25) is 4.79 Å². The zero-order chi connectivity index (χ0) is 18.6. The second kappa shape index (κ2) is 7.98. The van der Waals surface area contributed by atoms with E-state index < -0.39 is 0 Å². The van der Waals surface area contributed by atoms with E-state index in [1.165, 1.54) is 28.7 Å². The minimum Gasteiger partial charge on any atom is -0.486 e. The van der Waals surface area contributed by atoms with Gasteiger partial charge in [-0.15, -0.1) is 10.2 Å². The summed E-state index contributed by atoms with van der Waals surface area (Å²) in [5, 5.41) is 12.2. The van der Waals surface area contributed by atoms with Crippen LogP contribution in [0, 0.1) is 6.92 Å². The SMILES string of the molecule is Cc1ccc(Nc2nnc(SCC(=O)c3ccc4c(c3)OCCO4)s2)cc1. The van der Waals surface area contributed by atoms with Gasteiger partial charge >= 0.3 is 0 Å². The van der Waals surface area contributed by atoms with Crippen molar-refractivity contribution in [3.05, 3.63) is 53.6 Å². The first kappa shape index (κ1) is 17.8. The van der Waals surface area contributed by atoms with Crippen LogP contribution in [0.2, 0.25) is 0 Å². The number of carbonyl (C=O) groups is 1. The maximum absolute atomic E-state index is 12.5. The number of ketones is 1. The molecular weight excluding hydrogens is 382 g/mol. The first-order valence-electron chi connectivity index (χ1n) is 8.40. The molecule has 8 heteroatoms. The number of aromatic nitrogens is 2. The highest BCUT2D eigenvalue weighted by atomic mass is 32.2. The number of fused-ring (bicyclic) bond motifs is 1. The maximum atomic E-state index is 12.5. The largest absolute Gasteiger partial charge is 0.486 e. The minimum absolute atomic E-state index is 0.0141. The van der Waals surface area contributed by atoms with E-state index in [4.69, 9.17) is 9.47 Å². The summed E-state index contributed by atoms with van der Waals surface area (Å²) in [6.45, 7) is 3.08.